The summed E-state index contributed by atoms with van der Waals surface area (Å²) in [6.45, 7) is 0.829. The minimum Gasteiger partial charge on any atom is -0.497 e. The van der Waals surface area contributed by atoms with Crippen LogP contribution in [-0.4, -0.2) is 16.7 Å². The van der Waals surface area contributed by atoms with Gasteiger partial charge in [0.25, 0.3) is 0 Å². The number of ether oxygens (including phenoxy) is 1. The Balaban J connectivity index is 1.78. The summed E-state index contributed by atoms with van der Waals surface area (Å²) in [7, 11) is 1.70. The summed E-state index contributed by atoms with van der Waals surface area (Å²) in [5, 5.41) is 2.53. The monoisotopic (exact) mass is 326 g/mol. The summed E-state index contributed by atoms with van der Waals surface area (Å²) in [5.41, 5.74) is 6.18. The lowest BCUT2D eigenvalue weighted by Gasteiger charge is -2.09. The van der Waals surface area contributed by atoms with E-state index in [1.165, 1.54) is 38.4 Å². The summed E-state index contributed by atoms with van der Waals surface area (Å²) >= 11 is 0. The Kier molecular flexibility index (Phi) is 3.07. The number of aromatic amines is 1. The van der Waals surface area contributed by atoms with Crippen molar-refractivity contribution in [1.82, 2.24) is 9.55 Å². The van der Waals surface area contributed by atoms with E-state index in [1.54, 1.807) is 7.11 Å². The molecule has 0 fully saturated rings. The van der Waals surface area contributed by atoms with Gasteiger partial charge in [-0.05, 0) is 29.8 Å². The van der Waals surface area contributed by atoms with Gasteiger partial charge in [-0.2, -0.15) is 0 Å². The van der Waals surface area contributed by atoms with Crippen LogP contribution < -0.4 is 4.74 Å². The molecule has 25 heavy (non-hydrogen) atoms. The molecule has 3 nitrogen and oxygen atoms in total. The average Bonchev–Trinajstić information content (AvgIpc) is 3.19. The van der Waals surface area contributed by atoms with Crippen LogP contribution >= 0.6 is 0 Å². The van der Waals surface area contributed by atoms with Gasteiger partial charge in [0.15, 0.2) is 0 Å². The SMILES string of the molecule is COc1ccc(Cn2c3ccccc3c3[nH]c4ccccc4c32)cc1. The van der Waals surface area contributed by atoms with Crippen LogP contribution in [0.3, 0.4) is 0 Å². The molecule has 0 aliphatic rings. The maximum Gasteiger partial charge on any atom is 0.118 e. The lowest BCUT2D eigenvalue weighted by atomic mass is 10.2. The molecule has 0 aliphatic carbocycles. The number of benzene rings is 3. The molecule has 0 atom stereocenters. The molecule has 0 amide bonds. The largest absolute Gasteiger partial charge is 0.497 e. The predicted molar refractivity (Wildman–Crippen MR) is 103 cm³/mol. The zero-order valence-electron chi connectivity index (χ0n) is 14.0. The molecule has 3 heteroatoms. The number of para-hydroxylation sites is 2. The third-order valence-corrected chi connectivity index (χ3v) is 4.91. The standard InChI is InChI=1S/C22H18N2O/c1-25-16-12-10-15(11-13-16)14-24-20-9-5-3-7-18(20)21-22(24)17-6-2-4-8-19(17)23-21/h2-13,23H,14H2,1H3. The Labute approximate surface area is 145 Å². The highest BCUT2D eigenvalue weighted by atomic mass is 16.5. The molecule has 122 valence electrons. The van der Waals surface area contributed by atoms with E-state index in [0.29, 0.717) is 0 Å². The van der Waals surface area contributed by atoms with Gasteiger partial charge in [0.1, 0.15) is 5.75 Å². The number of nitrogens with one attached hydrogen (secondary N) is 1. The van der Waals surface area contributed by atoms with Crippen LogP contribution in [0.2, 0.25) is 0 Å². The highest BCUT2D eigenvalue weighted by Crippen LogP contribution is 2.34. The maximum absolute atomic E-state index is 5.28. The van der Waals surface area contributed by atoms with Crippen molar-refractivity contribution in [3.8, 4) is 5.75 Å². The van der Waals surface area contributed by atoms with E-state index in [2.05, 4.69) is 70.2 Å². The molecule has 3 aromatic carbocycles. The number of rotatable bonds is 3. The zero-order valence-corrected chi connectivity index (χ0v) is 14.0. The van der Waals surface area contributed by atoms with Crippen molar-refractivity contribution in [3.05, 3.63) is 78.4 Å². The van der Waals surface area contributed by atoms with Crippen molar-refractivity contribution < 1.29 is 4.74 Å². The van der Waals surface area contributed by atoms with Crippen molar-refractivity contribution in [3.63, 3.8) is 0 Å². The van der Waals surface area contributed by atoms with Crippen LogP contribution in [0.25, 0.3) is 32.8 Å². The Morgan fingerprint density at radius 3 is 2.36 bits per heavy atom. The molecule has 0 bridgehead atoms. The first-order valence-electron chi connectivity index (χ1n) is 8.46. The van der Waals surface area contributed by atoms with E-state index < -0.39 is 0 Å². The van der Waals surface area contributed by atoms with Crippen LogP contribution in [0.15, 0.2) is 72.8 Å². The van der Waals surface area contributed by atoms with E-state index in [-0.39, 0.29) is 0 Å². The number of H-pyrrole nitrogens is 1. The second-order valence-corrected chi connectivity index (χ2v) is 6.35. The molecule has 0 spiro atoms. The van der Waals surface area contributed by atoms with Crippen molar-refractivity contribution in [2.75, 3.05) is 7.11 Å². The van der Waals surface area contributed by atoms with Gasteiger partial charge in [-0.1, -0.05) is 48.5 Å². The topological polar surface area (TPSA) is 29.9 Å². The molecule has 5 rings (SSSR count). The lowest BCUT2D eigenvalue weighted by Crippen LogP contribution is -1.99. The molecule has 2 heterocycles. The third kappa shape index (κ3) is 2.13. The van der Waals surface area contributed by atoms with E-state index >= 15 is 0 Å². The van der Waals surface area contributed by atoms with Crippen molar-refractivity contribution in [1.29, 1.82) is 0 Å². The molecule has 0 aliphatic heterocycles. The van der Waals surface area contributed by atoms with Gasteiger partial charge < -0.3 is 14.3 Å². The summed E-state index contributed by atoms with van der Waals surface area (Å²) in [4.78, 5) is 3.60. The number of methoxy groups -OCH3 is 1. The zero-order chi connectivity index (χ0) is 16.8. The first kappa shape index (κ1) is 14.2. The van der Waals surface area contributed by atoms with E-state index in [9.17, 15) is 0 Å². The van der Waals surface area contributed by atoms with Gasteiger partial charge in [0.05, 0.1) is 23.7 Å². The van der Waals surface area contributed by atoms with Gasteiger partial charge in [-0.25, -0.2) is 0 Å². The molecule has 0 radical (unpaired) electrons. The Morgan fingerprint density at radius 2 is 1.56 bits per heavy atom. The molecule has 0 saturated heterocycles. The van der Waals surface area contributed by atoms with Crippen LogP contribution in [0, 0.1) is 0 Å². The fourth-order valence-electron chi connectivity index (χ4n) is 3.72. The number of fused-ring (bicyclic) bond motifs is 5. The fourth-order valence-corrected chi connectivity index (χ4v) is 3.72. The lowest BCUT2D eigenvalue weighted by molar-refractivity contribution is 0.414. The average molecular weight is 326 g/mol. The quantitative estimate of drug-likeness (QED) is 0.477. The number of hydrogen-bond donors (Lipinski definition) is 1. The molecule has 2 aromatic heterocycles. The minimum atomic E-state index is 0.829. The molecule has 0 saturated carbocycles. The summed E-state index contributed by atoms with van der Waals surface area (Å²) in [5.74, 6) is 0.887. The predicted octanol–water partition coefficient (Wildman–Crippen LogP) is 5.33. The Bertz CT molecular complexity index is 1190. The fraction of sp³-hybridized carbons (Fsp3) is 0.0909. The van der Waals surface area contributed by atoms with Crippen LogP contribution in [-0.2, 0) is 6.54 Å². The van der Waals surface area contributed by atoms with E-state index in [0.717, 1.165) is 12.3 Å². The maximum atomic E-state index is 5.28. The van der Waals surface area contributed by atoms with Gasteiger partial charge in [-0.15, -0.1) is 0 Å². The van der Waals surface area contributed by atoms with Gasteiger partial charge >= 0.3 is 0 Å². The van der Waals surface area contributed by atoms with Crippen LogP contribution in [0.1, 0.15) is 5.56 Å². The summed E-state index contributed by atoms with van der Waals surface area (Å²) in [6.07, 6.45) is 0. The second kappa shape index (κ2) is 5.42. The van der Waals surface area contributed by atoms with Crippen molar-refractivity contribution in [2.45, 2.75) is 6.54 Å². The van der Waals surface area contributed by atoms with E-state index in [1.807, 2.05) is 12.1 Å². The van der Waals surface area contributed by atoms with Crippen LogP contribution in [0.4, 0.5) is 0 Å². The minimum absolute atomic E-state index is 0.829. The normalized spacial score (nSPS) is 11.6. The number of aromatic nitrogens is 2. The second-order valence-electron chi connectivity index (χ2n) is 6.35. The first-order valence-corrected chi connectivity index (χ1v) is 8.46. The first-order chi connectivity index (χ1) is 12.3. The molecular formula is C22H18N2O. The highest BCUT2D eigenvalue weighted by Gasteiger charge is 2.15. The molecule has 1 N–H and O–H groups in total. The Morgan fingerprint density at radius 1 is 0.840 bits per heavy atom. The molecule has 5 aromatic rings. The van der Waals surface area contributed by atoms with Crippen molar-refractivity contribution >= 4 is 32.8 Å². The van der Waals surface area contributed by atoms with Gasteiger partial charge in [0, 0.05) is 22.8 Å². The number of hydrogen-bond acceptors (Lipinski definition) is 1. The van der Waals surface area contributed by atoms with Crippen molar-refractivity contribution in [2.24, 2.45) is 0 Å². The summed E-state index contributed by atoms with van der Waals surface area (Å²) < 4.78 is 7.69. The van der Waals surface area contributed by atoms with Crippen LogP contribution in [0.5, 0.6) is 5.75 Å². The molecular weight excluding hydrogens is 308 g/mol. The smallest absolute Gasteiger partial charge is 0.118 e. The number of nitrogens with zero attached hydrogens (tertiary/aromatic N) is 1. The highest BCUT2D eigenvalue weighted by molar-refractivity contribution is 6.17. The molecule has 0 unspecified atom stereocenters. The van der Waals surface area contributed by atoms with E-state index in [4.69, 9.17) is 4.74 Å². The van der Waals surface area contributed by atoms with Gasteiger partial charge in [0.2, 0.25) is 0 Å². The van der Waals surface area contributed by atoms with Gasteiger partial charge in [-0.3, -0.25) is 0 Å². The summed E-state index contributed by atoms with van der Waals surface area (Å²) in [6, 6.07) is 25.4. The third-order valence-electron chi connectivity index (χ3n) is 4.91. The Hall–Kier alpha value is -3.20.